The molecule has 1 rings (SSSR count). The van der Waals surface area contributed by atoms with Crippen molar-refractivity contribution in [2.24, 2.45) is 0 Å². The van der Waals surface area contributed by atoms with Crippen molar-refractivity contribution in [3.05, 3.63) is 35.4 Å². The third-order valence-electron chi connectivity index (χ3n) is 2.44. The lowest BCUT2D eigenvalue weighted by atomic mass is 10.0. The summed E-state index contributed by atoms with van der Waals surface area (Å²) in [6, 6.07) is 8.58. The van der Waals surface area contributed by atoms with Gasteiger partial charge in [0.1, 0.15) is 0 Å². The van der Waals surface area contributed by atoms with Crippen LogP contribution < -0.4 is 0 Å². The summed E-state index contributed by atoms with van der Waals surface area (Å²) in [6.07, 6.45) is -0.597. The summed E-state index contributed by atoms with van der Waals surface area (Å²) >= 11 is 1.64. The van der Waals surface area contributed by atoms with Gasteiger partial charge in [-0.2, -0.15) is 11.8 Å². The van der Waals surface area contributed by atoms with E-state index in [1.54, 1.807) is 11.8 Å². The Morgan fingerprint density at radius 2 is 1.81 bits per heavy atom. The molecule has 0 saturated carbocycles. The number of hydrogen-bond donors (Lipinski definition) is 2. The molecule has 1 aromatic rings. The highest BCUT2D eigenvalue weighted by Crippen LogP contribution is 2.18. The van der Waals surface area contributed by atoms with Crippen LogP contribution in [0.3, 0.4) is 0 Å². The first-order chi connectivity index (χ1) is 7.63. The maximum atomic E-state index is 9.18. The predicted octanol–water partition coefficient (Wildman–Crippen LogP) is 2.40. The second-order valence-electron chi connectivity index (χ2n) is 4.25. The van der Waals surface area contributed by atoms with Crippen molar-refractivity contribution in [3.8, 4) is 0 Å². The fraction of sp³-hybridized carbons (Fsp3) is 0.538. The van der Waals surface area contributed by atoms with Gasteiger partial charge in [0.15, 0.2) is 0 Å². The second-order valence-corrected chi connectivity index (χ2v) is 5.28. The Morgan fingerprint density at radius 1 is 1.19 bits per heavy atom. The maximum absolute atomic E-state index is 9.18. The van der Waals surface area contributed by atoms with Crippen LogP contribution in [-0.4, -0.2) is 28.7 Å². The average molecular weight is 240 g/mol. The molecule has 0 saturated heterocycles. The molecular formula is C13H20O2S. The zero-order valence-electron chi connectivity index (χ0n) is 9.89. The molecule has 0 aliphatic rings. The van der Waals surface area contributed by atoms with Crippen molar-refractivity contribution in [2.75, 3.05) is 12.4 Å². The zero-order chi connectivity index (χ0) is 12.0. The Balaban J connectivity index is 2.38. The Bertz CT molecular complexity index is 295. The van der Waals surface area contributed by atoms with Gasteiger partial charge in [0.2, 0.25) is 0 Å². The van der Waals surface area contributed by atoms with Gasteiger partial charge in [-0.15, -0.1) is 0 Å². The van der Waals surface area contributed by atoms with Gasteiger partial charge in [-0.05, 0) is 17.0 Å². The fourth-order valence-corrected chi connectivity index (χ4v) is 2.29. The van der Waals surface area contributed by atoms with Gasteiger partial charge in [-0.3, -0.25) is 0 Å². The van der Waals surface area contributed by atoms with E-state index in [4.69, 9.17) is 5.11 Å². The largest absolute Gasteiger partial charge is 0.394 e. The molecule has 90 valence electrons. The minimum Gasteiger partial charge on any atom is -0.394 e. The van der Waals surface area contributed by atoms with Crippen LogP contribution in [-0.2, 0) is 5.75 Å². The van der Waals surface area contributed by atoms with E-state index >= 15 is 0 Å². The molecule has 2 nitrogen and oxygen atoms in total. The van der Waals surface area contributed by atoms with E-state index in [2.05, 4.69) is 38.1 Å². The van der Waals surface area contributed by atoms with Crippen LogP contribution in [0.1, 0.15) is 30.9 Å². The molecule has 0 amide bonds. The summed E-state index contributed by atoms with van der Waals surface area (Å²) in [5.41, 5.74) is 2.61. The molecule has 3 heteroatoms. The number of thioether (sulfide) groups is 1. The summed E-state index contributed by atoms with van der Waals surface area (Å²) in [4.78, 5) is 0. The van der Waals surface area contributed by atoms with Gasteiger partial charge < -0.3 is 10.2 Å². The van der Waals surface area contributed by atoms with Crippen LogP contribution in [0, 0.1) is 0 Å². The van der Waals surface area contributed by atoms with Crippen molar-refractivity contribution < 1.29 is 10.2 Å². The molecule has 0 aromatic heterocycles. The van der Waals surface area contributed by atoms with Crippen LogP contribution in [0.15, 0.2) is 24.3 Å². The SMILES string of the molecule is CC(C)c1ccc(CSC[C@H](O)CO)cc1. The van der Waals surface area contributed by atoms with Crippen molar-refractivity contribution in [1.82, 2.24) is 0 Å². The Labute approximate surface area is 102 Å². The monoisotopic (exact) mass is 240 g/mol. The minimum atomic E-state index is -0.597. The van der Waals surface area contributed by atoms with Crippen molar-refractivity contribution >= 4 is 11.8 Å². The van der Waals surface area contributed by atoms with E-state index < -0.39 is 6.10 Å². The Hall–Kier alpha value is -0.510. The molecule has 0 unspecified atom stereocenters. The number of rotatable bonds is 6. The second kappa shape index (κ2) is 6.94. The molecular weight excluding hydrogens is 220 g/mol. The summed E-state index contributed by atoms with van der Waals surface area (Å²) in [5, 5.41) is 17.8. The smallest absolute Gasteiger partial charge is 0.0861 e. The Morgan fingerprint density at radius 3 is 2.31 bits per heavy atom. The third-order valence-corrected chi connectivity index (χ3v) is 3.59. The molecule has 0 radical (unpaired) electrons. The third kappa shape index (κ3) is 4.56. The van der Waals surface area contributed by atoms with Crippen LogP contribution in [0.2, 0.25) is 0 Å². The molecule has 0 heterocycles. The normalized spacial score (nSPS) is 13.1. The molecule has 2 N–H and O–H groups in total. The summed E-state index contributed by atoms with van der Waals surface area (Å²) in [5.74, 6) is 2.04. The highest BCUT2D eigenvalue weighted by Gasteiger charge is 2.03. The first-order valence-corrected chi connectivity index (χ1v) is 6.74. The highest BCUT2D eigenvalue weighted by atomic mass is 32.2. The first-order valence-electron chi connectivity index (χ1n) is 5.59. The van der Waals surface area contributed by atoms with Crippen LogP contribution in [0.4, 0.5) is 0 Å². The van der Waals surface area contributed by atoms with Gasteiger partial charge in [0.25, 0.3) is 0 Å². The van der Waals surface area contributed by atoms with E-state index in [-0.39, 0.29) is 6.61 Å². The summed E-state index contributed by atoms with van der Waals surface area (Å²) in [7, 11) is 0. The average Bonchev–Trinajstić information content (AvgIpc) is 2.29. The Kier molecular flexibility index (Phi) is 5.88. The predicted molar refractivity (Wildman–Crippen MR) is 69.8 cm³/mol. The standard InChI is InChI=1S/C13H20O2S/c1-10(2)12-5-3-11(4-6-12)8-16-9-13(15)7-14/h3-6,10,13-15H,7-9H2,1-2H3/t13-/m1/s1. The van der Waals surface area contributed by atoms with Crippen molar-refractivity contribution in [3.63, 3.8) is 0 Å². The van der Waals surface area contributed by atoms with Crippen LogP contribution >= 0.6 is 11.8 Å². The lowest BCUT2D eigenvalue weighted by Gasteiger charge is -2.08. The highest BCUT2D eigenvalue weighted by molar-refractivity contribution is 7.98. The van der Waals surface area contributed by atoms with Gasteiger partial charge >= 0.3 is 0 Å². The number of aliphatic hydroxyl groups excluding tert-OH is 2. The lowest BCUT2D eigenvalue weighted by molar-refractivity contribution is 0.113. The molecule has 1 aromatic carbocycles. The topological polar surface area (TPSA) is 40.5 Å². The molecule has 0 fully saturated rings. The fourth-order valence-electron chi connectivity index (χ4n) is 1.36. The number of benzene rings is 1. The first kappa shape index (κ1) is 13.6. The van der Waals surface area contributed by atoms with E-state index in [9.17, 15) is 5.11 Å². The minimum absolute atomic E-state index is 0.153. The van der Waals surface area contributed by atoms with Gasteiger partial charge in [0, 0.05) is 11.5 Å². The number of hydrogen-bond acceptors (Lipinski definition) is 3. The molecule has 1 atom stereocenters. The number of aliphatic hydroxyl groups is 2. The van der Waals surface area contributed by atoms with Crippen molar-refractivity contribution in [1.29, 1.82) is 0 Å². The molecule has 16 heavy (non-hydrogen) atoms. The molecule has 0 aliphatic carbocycles. The molecule has 0 bridgehead atoms. The van der Waals surface area contributed by atoms with E-state index in [1.165, 1.54) is 11.1 Å². The van der Waals surface area contributed by atoms with Gasteiger partial charge in [0.05, 0.1) is 12.7 Å². The van der Waals surface area contributed by atoms with E-state index in [1.807, 2.05) is 0 Å². The maximum Gasteiger partial charge on any atom is 0.0861 e. The van der Waals surface area contributed by atoms with E-state index in [0.717, 1.165) is 5.75 Å². The lowest BCUT2D eigenvalue weighted by Crippen LogP contribution is -2.14. The summed E-state index contributed by atoms with van der Waals surface area (Å²) in [6.45, 7) is 4.21. The van der Waals surface area contributed by atoms with Crippen molar-refractivity contribution in [2.45, 2.75) is 31.6 Å². The van der Waals surface area contributed by atoms with Crippen LogP contribution in [0.5, 0.6) is 0 Å². The molecule has 0 spiro atoms. The quantitative estimate of drug-likeness (QED) is 0.802. The van der Waals surface area contributed by atoms with Crippen LogP contribution in [0.25, 0.3) is 0 Å². The van der Waals surface area contributed by atoms with Gasteiger partial charge in [-0.1, -0.05) is 38.1 Å². The zero-order valence-corrected chi connectivity index (χ0v) is 10.7. The summed E-state index contributed by atoms with van der Waals surface area (Å²) < 4.78 is 0. The van der Waals surface area contributed by atoms with Gasteiger partial charge in [-0.25, -0.2) is 0 Å². The molecule has 0 aliphatic heterocycles. The van der Waals surface area contributed by atoms with E-state index in [0.29, 0.717) is 11.7 Å².